The monoisotopic (exact) mass is 456 g/mol. The first-order valence-electron chi connectivity index (χ1n) is 14.9. The van der Waals surface area contributed by atoms with Gasteiger partial charge in [-0.2, -0.15) is 0 Å². The second-order valence-corrected chi connectivity index (χ2v) is 12.7. The fraction of sp³-hybridized carbons (Fsp3) is 0.903. The van der Waals surface area contributed by atoms with Gasteiger partial charge in [-0.05, 0) is 138 Å². The van der Waals surface area contributed by atoms with Gasteiger partial charge in [0.15, 0.2) is 0 Å². The van der Waals surface area contributed by atoms with Crippen molar-refractivity contribution in [2.24, 2.45) is 41.4 Å². The van der Waals surface area contributed by atoms with Crippen molar-refractivity contribution in [3.8, 4) is 0 Å². The van der Waals surface area contributed by atoms with E-state index in [-0.39, 0.29) is 18.0 Å². The molecule has 0 atom stereocenters. The van der Waals surface area contributed by atoms with E-state index in [1.807, 2.05) is 0 Å². The Balaban J connectivity index is 1.06. The van der Waals surface area contributed by atoms with Crippen LogP contribution in [0.25, 0.3) is 0 Å². The molecule has 0 aromatic carbocycles. The summed E-state index contributed by atoms with van der Waals surface area (Å²) in [5.74, 6) is 5.83. The van der Waals surface area contributed by atoms with E-state index in [1.165, 1.54) is 89.9 Å². The highest BCUT2D eigenvalue weighted by atomic mass is 16.5. The van der Waals surface area contributed by atoms with Crippen LogP contribution in [-0.4, -0.2) is 12.1 Å². The van der Waals surface area contributed by atoms with Crippen molar-refractivity contribution < 1.29 is 9.53 Å². The van der Waals surface area contributed by atoms with Crippen molar-refractivity contribution in [2.45, 2.75) is 136 Å². The maximum Gasteiger partial charge on any atom is 0.309 e. The van der Waals surface area contributed by atoms with Gasteiger partial charge in [0, 0.05) is 0 Å². The molecule has 33 heavy (non-hydrogen) atoms. The van der Waals surface area contributed by atoms with E-state index in [0.29, 0.717) is 0 Å². The fourth-order valence-corrected chi connectivity index (χ4v) is 7.48. The van der Waals surface area contributed by atoms with Crippen molar-refractivity contribution >= 4 is 5.97 Å². The van der Waals surface area contributed by atoms with Gasteiger partial charge in [-0.15, -0.1) is 0 Å². The van der Waals surface area contributed by atoms with E-state index in [4.69, 9.17) is 4.74 Å². The van der Waals surface area contributed by atoms with Gasteiger partial charge in [-0.1, -0.05) is 38.8 Å². The molecule has 4 fully saturated rings. The largest absolute Gasteiger partial charge is 0.462 e. The normalized spacial score (nSPS) is 40.5. The van der Waals surface area contributed by atoms with Gasteiger partial charge in [-0.3, -0.25) is 4.79 Å². The second kappa shape index (κ2) is 12.8. The molecule has 2 nitrogen and oxygen atoms in total. The van der Waals surface area contributed by atoms with Crippen molar-refractivity contribution in [3.05, 3.63) is 12.2 Å². The Bertz CT molecular complexity index is 592. The zero-order chi connectivity index (χ0) is 23.0. The molecule has 4 aliphatic carbocycles. The summed E-state index contributed by atoms with van der Waals surface area (Å²) in [5, 5.41) is 0. The first kappa shape index (κ1) is 25.3. The Hall–Kier alpha value is -0.790. The summed E-state index contributed by atoms with van der Waals surface area (Å²) in [4.78, 5) is 12.6. The van der Waals surface area contributed by atoms with E-state index < -0.39 is 0 Å². The van der Waals surface area contributed by atoms with Crippen LogP contribution in [0.4, 0.5) is 0 Å². The lowest BCUT2D eigenvalue weighted by Gasteiger charge is -2.36. The minimum atomic E-state index is 0.117. The van der Waals surface area contributed by atoms with Crippen molar-refractivity contribution in [2.75, 3.05) is 0 Å². The molecule has 4 saturated carbocycles. The van der Waals surface area contributed by atoms with Gasteiger partial charge in [0.05, 0.1) is 5.92 Å². The zero-order valence-corrected chi connectivity index (χ0v) is 21.8. The average Bonchev–Trinajstić information content (AvgIpc) is 2.84. The number of ether oxygens (including phenoxy) is 1. The molecule has 0 radical (unpaired) electrons. The first-order chi connectivity index (χ1) is 16.1. The minimum Gasteiger partial charge on any atom is -0.462 e. The highest BCUT2D eigenvalue weighted by molar-refractivity contribution is 5.72. The van der Waals surface area contributed by atoms with Crippen LogP contribution < -0.4 is 0 Å². The summed E-state index contributed by atoms with van der Waals surface area (Å²) in [6.07, 6.45) is 28.8. The summed E-state index contributed by atoms with van der Waals surface area (Å²) < 4.78 is 5.88. The number of esters is 1. The number of allylic oxidation sites excluding steroid dienone is 2. The zero-order valence-electron chi connectivity index (χ0n) is 21.8. The van der Waals surface area contributed by atoms with Crippen LogP contribution in [0, 0.1) is 41.4 Å². The molecule has 0 amide bonds. The van der Waals surface area contributed by atoms with Gasteiger partial charge >= 0.3 is 5.97 Å². The third-order valence-electron chi connectivity index (χ3n) is 10.1. The molecule has 0 aromatic heterocycles. The summed E-state index contributed by atoms with van der Waals surface area (Å²) in [5.41, 5.74) is 0. The Labute approximate surface area is 204 Å². The number of hydrogen-bond acceptors (Lipinski definition) is 2. The molecule has 0 N–H and O–H groups in total. The third kappa shape index (κ3) is 7.86. The van der Waals surface area contributed by atoms with E-state index >= 15 is 0 Å². The Morgan fingerprint density at radius 2 is 1.24 bits per heavy atom. The lowest BCUT2D eigenvalue weighted by atomic mass is 9.69. The molecule has 188 valence electrons. The van der Waals surface area contributed by atoms with Gasteiger partial charge < -0.3 is 4.74 Å². The minimum absolute atomic E-state index is 0.117. The summed E-state index contributed by atoms with van der Waals surface area (Å²) in [7, 11) is 0. The molecule has 0 heterocycles. The molecule has 0 spiro atoms. The van der Waals surface area contributed by atoms with Gasteiger partial charge in [0.25, 0.3) is 0 Å². The van der Waals surface area contributed by atoms with Crippen molar-refractivity contribution in [3.63, 3.8) is 0 Å². The Kier molecular flexibility index (Phi) is 9.80. The van der Waals surface area contributed by atoms with E-state index in [9.17, 15) is 4.79 Å². The molecule has 0 bridgehead atoms. The Morgan fingerprint density at radius 1 is 0.697 bits per heavy atom. The van der Waals surface area contributed by atoms with Crippen LogP contribution in [0.3, 0.4) is 0 Å². The molecular weight excluding hydrogens is 404 g/mol. The third-order valence-corrected chi connectivity index (χ3v) is 10.1. The van der Waals surface area contributed by atoms with Gasteiger partial charge in [-0.25, -0.2) is 0 Å². The standard InChI is InChI=1S/C31H52O2/c1-23-7-15-27(16-8-23)28-17-11-25(12-18-28)5-3-4-6-26-13-19-29(20-14-26)31(32)33-30-21-9-24(2)10-22-30/h3,5,23-30H,4,6-22H2,1-2H3/b5-3+. The molecule has 4 aliphatic rings. The summed E-state index contributed by atoms with van der Waals surface area (Å²) in [6, 6.07) is 0. The highest BCUT2D eigenvalue weighted by Gasteiger charge is 2.31. The van der Waals surface area contributed by atoms with Crippen LogP contribution in [-0.2, 0) is 9.53 Å². The molecule has 0 aliphatic heterocycles. The fourth-order valence-electron chi connectivity index (χ4n) is 7.48. The molecule has 0 saturated heterocycles. The smallest absolute Gasteiger partial charge is 0.309 e. The average molecular weight is 457 g/mol. The quantitative estimate of drug-likeness (QED) is 0.282. The predicted octanol–water partition coefficient (Wildman–Crippen LogP) is 8.88. The van der Waals surface area contributed by atoms with Crippen LogP contribution >= 0.6 is 0 Å². The number of carbonyl (C=O) groups excluding carboxylic acids is 1. The summed E-state index contributed by atoms with van der Waals surface area (Å²) >= 11 is 0. The van der Waals surface area contributed by atoms with E-state index in [2.05, 4.69) is 26.0 Å². The van der Waals surface area contributed by atoms with Crippen molar-refractivity contribution in [1.82, 2.24) is 0 Å². The van der Waals surface area contributed by atoms with E-state index in [1.54, 1.807) is 0 Å². The number of hydrogen-bond donors (Lipinski definition) is 0. The van der Waals surface area contributed by atoms with Crippen LogP contribution in [0.2, 0.25) is 0 Å². The number of carbonyl (C=O) groups is 1. The lowest BCUT2D eigenvalue weighted by Crippen LogP contribution is -2.29. The predicted molar refractivity (Wildman–Crippen MR) is 138 cm³/mol. The highest BCUT2D eigenvalue weighted by Crippen LogP contribution is 2.41. The Morgan fingerprint density at radius 3 is 1.85 bits per heavy atom. The topological polar surface area (TPSA) is 26.3 Å². The maximum atomic E-state index is 12.6. The summed E-state index contributed by atoms with van der Waals surface area (Å²) in [6.45, 7) is 4.76. The maximum absolute atomic E-state index is 12.6. The lowest BCUT2D eigenvalue weighted by molar-refractivity contribution is -0.157. The molecule has 0 aromatic rings. The van der Waals surface area contributed by atoms with E-state index in [0.717, 1.165) is 61.2 Å². The van der Waals surface area contributed by atoms with Crippen LogP contribution in [0.15, 0.2) is 12.2 Å². The number of rotatable bonds is 7. The molecule has 4 rings (SSSR count). The van der Waals surface area contributed by atoms with Crippen LogP contribution in [0.5, 0.6) is 0 Å². The van der Waals surface area contributed by atoms with Gasteiger partial charge in [0.1, 0.15) is 6.10 Å². The molecule has 2 heteroatoms. The second-order valence-electron chi connectivity index (χ2n) is 12.7. The molecular formula is C31H52O2. The molecule has 0 unspecified atom stereocenters. The van der Waals surface area contributed by atoms with Crippen LogP contribution in [0.1, 0.15) is 129 Å². The first-order valence-corrected chi connectivity index (χ1v) is 14.9. The van der Waals surface area contributed by atoms with Crippen molar-refractivity contribution in [1.29, 1.82) is 0 Å². The SMILES string of the molecule is CC1CCC(OC(=O)C2CCC(CC/C=C/C3CCC(C4CCC(C)CC4)CC3)CC2)CC1. The van der Waals surface area contributed by atoms with Gasteiger partial charge in [0.2, 0.25) is 0 Å².